The van der Waals surface area contributed by atoms with E-state index in [9.17, 15) is 4.39 Å². The van der Waals surface area contributed by atoms with E-state index in [-0.39, 0.29) is 16.8 Å². The number of hydrogen-bond donors (Lipinski definition) is 0. The van der Waals surface area contributed by atoms with Crippen LogP contribution in [0.4, 0.5) is 4.39 Å². The quantitative estimate of drug-likeness (QED) is 0.461. The summed E-state index contributed by atoms with van der Waals surface area (Å²) in [7, 11) is 1.85. The van der Waals surface area contributed by atoms with E-state index >= 15 is 0 Å². The standard InChI is InChI=1S/C26H26ClFN2O/c1-25-16-19-17-29-30(22-9-7-21(28)8-10-22)24(19)15-20(25)12-14-26(25,31-2)13-11-18-5-3-4-6-23(18)27/h3-10,15,17H,11-14,16H2,1-2H3/t25-,26-/m0/s1. The van der Waals surface area contributed by atoms with E-state index in [1.54, 1.807) is 12.1 Å². The molecule has 5 rings (SSSR count). The molecule has 0 aliphatic heterocycles. The summed E-state index contributed by atoms with van der Waals surface area (Å²) in [5.74, 6) is -0.241. The molecule has 1 heterocycles. The lowest BCUT2D eigenvalue weighted by Gasteiger charge is -2.45. The van der Waals surface area contributed by atoms with Crippen LogP contribution in [0.25, 0.3) is 11.8 Å². The zero-order chi connectivity index (χ0) is 21.6. The summed E-state index contributed by atoms with van der Waals surface area (Å²) in [5, 5.41) is 5.44. The second kappa shape index (κ2) is 7.61. The lowest BCUT2D eigenvalue weighted by Crippen LogP contribution is -2.47. The Balaban J connectivity index is 1.47. The number of halogens is 2. The number of nitrogens with zero attached hydrogens (tertiary/aromatic N) is 2. The molecule has 2 aliphatic rings. The number of ether oxygens (including phenoxy) is 1. The molecule has 1 aromatic heterocycles. The summed E-state index contributed by atoms with van der Waals surface area (Å²) in [5.41, 5.74) is 5.42. The van der Waals surface area contributed by atoms with E-state index in [2.05, 4.69) is 24.2 Å². The van der Waals surface area contributed by atoms with Crippen LogP contribution >= 0.6 is 11.6 Å². The third-order valence-corrected chi connectivity index (χ3v) is 7.84. The number of aryl methyl sites for hydroxylation is 1. The number of rotatable bonds is 5. The van der Waals surface area contributed by atoms with Gasteiger partial charge < -0.3 is 4.74 Å². The van der Waals surface area contributed by atoms with Gasteiger partial charge in [0.05, 0.1) is 23.2 Å². The molecule has 3 aromatic rings. The van der Waals surface area contributed by atoms with Gasteiger partial charge in [-0.05, 0) is 79.6 Å². The Morgan fingerprint density at radius 1 is 1.16 bits per heavy atom. The Morgan fingerprint density at radius 3 is 2.68 bits per heavy atom. The minimum Gasteiger partial charge on any atom is -0.377 e. The highest BCUT2D eigenvalue weighted by Crippen LogP contribution is 2.58. The average molecular weight is 437 g/mol. The van der Waals surface area contributed by atoms with Gasteiger partial charge in [-0.2, -0.15) is 5.10 Å². The largest absolute Gasteiger partial charge is 0.377 e. The molecule has 0 radical (unpaired) electrons. The monoisotopic (exact) mass is 436 g/mol. The topological polar surface area (TPSA) is 27.1 Å². The van der Waals surface area contributed by atoms with Gasteiger partial charge in [0.15, 0.2) is 0 Å². The van der Waals surface area contributed by atoms with Gasteiger partial charge in [-0.25, -0.2) is 9.07 Å². The lowest BCUT2D eigenvalue weighted by atomic mass is 9.65. The molecule has 0 spiro atoms. The molecule has 1 fully saturated rings. The Kier molecular flexibility index (Phi) is 5.03. The van der Waals surface area contributed by atoms with E-state index in [1.807, 2.05) is 36.2 Å². The summed E-state index contributed by atoms with van der Waals surface area (Å²) in [6.45, 7) is 2.33. The van der Waals surface area contributed by atoms with Crippen molar-refractivity contribution in [1.29, 1.82) is 0 Å². The molecule has 0 N–H and O–H groups in total. The van der Waals surface area contributed by atoms with Gasteiger partial charge in [0.1, 0.15) is 5.82 Å². The number of benzene rings is 2. The molecule has 2 aliphatic carbocycles. The Labute approximate surface area is 187 Å². The SMILES string of the molecule is CO[C@@]1(CCc2ccccc2Cl)CCC2=Cc3c(cnn3-c3ccc(F)cc3)C[C@@]21C. The number of methoxy groups -OCH3 is 1. The average Bonchev–Trinajstić information content (AvgIpc) is 3.30. The first kappa shape index (κ1) is 20.5. The Hall–Kier alpha value is -2.43. The van der Waals surface area contributed by atoms with Gasteiger partial charge in [-0.15, -0.1) is 0 Å². The second-order valence-corrected chi connectivity index (χ2v) is 9.32. The maximum Gasteiger partial charge on any atom is 0.123 e. The molecule has 2 atom stereocenters. The number of hydrogen-bond acceptors (Lipinski definition) is 2. The molecule has 0 bridgehead atoms. The molecule has 3 nitrogen and oxygen atoms in total. The van der Waals surface area contributed by atoms with Crippen molar-refractivity contribution in [3.8, 4) is 5.69 Å². The molecule has 2 aromatic carbocycles. The molecular formula is C26H26ClFN2O. The molecule has 0 saturated heterocycles. The van der Waals surface area contributed by atoms with Crippen LogP contribution in [0.3, 0.4) is 0 Å². The number of fused-ring (bicyclic) bond motifs is 2. The summed E-state index contributed by atoms with van der Waals surface area (Å²) >= 11 is 6.42. The van der Waals surface area contributed by atoms with Crippen LogP contribution < -0.4 is 0 Å². The van der Waals surface area contributed by atoms with Crippen LogP contribution in [0.1, 0.15) is 43.0 Å². The van der Waals surface area contributed by atoms with Gasteiger partial charge in [0.2, 0.25) is 0 Å². The van der Waals surface area contributed by atoms with E-state index in [0.29, 0.717) is 0 Å². The Bertz CT molecular complexity index is 1150. The van der Waals surface area contributed by atoms with E-state index in [1.165, 1.54) is 28.8 Å². The van der Waals surface area contributed by atoms with Crippen molar-refractivity contribution in [2.45, 2.75) is 44.6 Å². The molecule has 0 amide bonds. The van der Waals surface area contributed by atoms with Crippen LogP contribution in [-0.2, 0) is 17.6 Å². The minimum absolute atomic E-state index is 0.0906. The first-order valence-corrected chi connectivity index (χ1v) is 11.2. The van der Waals surface area contributed by atoms with Gasteiger partial charge in [-0.3, -0.25) is 0 Å². The minimum atomic E-state index is -0.242. The fourth-order valence-electron chi connectivity index (χ4n) is 5.57. The molecule has 31 heavy (non-hydrogen) atoms. The summed E-state index contributed by atoms with van der Waals surface area (Å²) in [6, 6.07) is 14.6. The highest BCUT2D eigenvalue weighted by molar-refractivity contribution is 6.31. The maximum atomic E-state index is 13.4. The zero-order valence-electron chi connectivity index (χ0n) is 17.9. The van der Waals surface area contributed by atoms with Gasteiger partial charge in [0.25, 0.3) is 0 Å². The predicted octanol–water partition coefficient (Wildman–Crippen LogP) is 6.42. The van der Waals surface area contributed by atoms with E-state index < -0.39 is 0 Å². The van der Waals surface area contributed by atoms with Crippen molar-refractivity contribution in [2.24, 2.45) is 5.41 Å². The van der Waals surface area contributed by atoms with Crippen LogP contribution in [0.15, 0.2) is 60.3 Å². The molecule has 160 valence electrons. The molecule has 0 unspecified atom stereocenters. The van der Waals surface area contributed by atoms with E-state index in [4.69, 9.17) is 16.3 Å². The summed E-state index contributed by atoms with van der Waals surface area (Å²) < 4.78 is 21.6. The summed E-state index contributed by atoms with van der Waals surface area (Å²) in [4.78, 5) is 0. The van der Waals surface area contributed by atoms with Crippen LogP contribution in [0.5, 0.6) is 0 Å². The van der Waals surface area contributed by atoms with Gasteiger partial charge >= 0.3 is 0 Å². The molecule has 1 saturated carbocycles. The van der Waals surface area contributed by atoms with Crippen molar-refractivity contribution in [3.63, 3.8) is 0 Å². The highest BCUT2D eigenvalue weighted by atomic mass is 35.5. The molecule has 5 heteroatoms. The first-order chi connectivity index (χ1) is 15.0. The van der Waals surface area contributed by atoms with Crippen molar-refractivity contribution in [2.75, 3.05) is 7.11 Å². The molecular weight excluding hydrogens is 411 g/mol. The van der Waals surface area contributed by atoms with Crippen molar-refractivity contribution < 1.29 is 9.13 Å². The van der Waals surface area contributed by atoms with Crippen molar-refractivity contribution in [3.05, 3.63) is 88.0 Å². The van der Waals surface area contributed by atoms with Crippen LogP contribution in [-0.4, -0.2) is 22.5 Å². The first-order valence-electron chi connectivity index (χ1n) is 10.8. The fraction of sp³-hybridized carbons (Fsp3) is 0.346. The van der Waals surface area contributed by atoms with Gasteiger partial charge in [0, 0.05) is 17.5 Å². The lowest BCUT2D eigenvalue weighted by molar-refractivity contribution is -0.0819. The maximum absolute atomic E-state index is 13.4. The normalized spacial score (nSPS) is 24.6. The fourth-order valence-corrected chi connectivity index (χ4v) is 5.80. The smallest absolute Gasteiger partial charge is 0.123 e. The van der Waals surface area contributed by atoms with Crippen LogP contribution in [0, 0.1) is 11.2 Å². The van der Waals surface area contributed by atoms with Crippen LogP contribution in [0.2, 0.25) is 5.02 Å². The number of aromatic nitrogens is 2. The zero-order valence-corrected chi connectivity index (χ0v) is 18.6. The van der Waals surface area contributed by atoms with Crippen molar-refractivity contribution in [1.82, 2.24) is 9.78 Å². The predicted molar refractivity (Wildman–Crippen MR) is 122 cm³/mol. The third-order valence-electron chi connectivity index (χ3n) is 7.47. The van der Waals surface area contributed by atoms with E-state index in [0.717, 1.165) is 48.5 Å². The highest BCUT2D eigenvalue weighted by Gasteiger charge is 2.56. The Morgan fingerprint density at radius 2 is 1.94 bits per heavy atom. The van der Waals surface area contributed by atoms with Gasteiger partial charge in [-0.1, -0.05) is 42.3 Å². The summed E-state index contributed by atoms with van der Waals surface area (Å²) in [6.07, 6.45) is 8.91. The third kappa shape index (κ3) is 3.24. The second-order valence-electron chi connectivity index (χ2n) is 8.91. The van der Waals surface area contributed by atoms with Crippen molar-refractivity contribution >= 4 is 17.7 Å².